The summed E-state index contributed by atoms with van der Waals surface area (Å²) in [4.78, 5) is 4.97. The maximum Gasteiger partial charge on any atom is 0.116 e. The van der Waals surface area contributed by atoms with Crippen LogP contribution < -0.4 is 0 Å². The normalized spacial score (nSPS) is 10.5. The van der Waals surface area contributed by atoms with E-state index in [1.807, 2.05) is 18.2 Å². The zero-order valence-corrected chi connectivity index (χ0v) is 7.94. The van der Waals surface area contributed by atoms with E-state index in [2.05, 4.69) is 24.2 Å². The lowest BCUT2D eigenvalue weighted by Gasteiger charge is -1.95. The summed E-state index contributed by atoms with van der Waals surface area (Å²) in [5.74, 6) is 0. The van der Waals surface area contributed by atoms with E-state index < -0.39 is 0 Å². The van der Waals surface area contributed by atoms with Crippen LogP contribution in [0.25, 0.3) is 0 Å². The number of oxime groups is 1. The smallest absolute Gasteiger partial charge is 0.116 e. The van der Waals surface area contributed by atoms with Crippen LogP contribution in [0, 0.1) is 0 Å². The Bertz CT molecular complexity index is 244. The monoisotopic (exact) mass is 177 g/mol. The second-order valence-corrected chi connectivity index (χ2v) is 2.81. The van der Waals surface area contributed by atoms with Crippen molar-refractivity contribution in [1.29, 1.82) is 0 Å². The molecule has 0 spiro atoms. The van der Waals surface area contributed by atoms with Crippen LogP contribution in [0.5, 0.6) is 0 Å². The lowest BCUT2D eigenvalue weighted by Crippen LogP contribution is -1.88. The summed E-state index contributed by atoms with van der Waals surface area (Å²) in [7, 11) is 0. The predicted octanol–water partition coefficient (Wildman–Crippen LogP) is 2.64. The van der Waals surface area contributed by atoms with Crippen LogP contribution in [-0.2, 0) is 11.3 Å². The second kappa shape index (κ2) is 6.23. The summed E-state index contributed by atoms with van der Waals surface area (Å²) in [6.07, 6.45) is 3.64. The zero-order valence-electron chi connectivity index (χ0n) is 7.94. The summed E-state index contributed by atoms with van der Waals surface area (Å²) in [5, 5.41) is 3.83. The summed E-state index contributed by atoms with van der Waals surface area (Å²) in [6, 6.07) is 10.2. The number of hydrogen-bond acceptors (Lipinski definition) is 2. The van der Waals surface area contributed by atoms with Crippen molar-refractivity contribution in [3.63, 3.8) is 0 Å². The van der Waals surface area contributed by atoms with Gasteiger partial charge in [0.25, 0.3) is 0 Å². The Morgan fingerprint density at radius 2 is 2.08 bits per heavy atom. The van der Waals surface area contributed by atoms with E-state index in [0.29, 0.717) is 6.61 Å². The van der Waals surface area contributed by atoms with Gasteiger partial charge in [-0.3, -0.25) is 0 Å². The Labute approximate surface area is 79.2 Å². The third-order valence-corrected chi connectivity index (χ3v) is 1.61. The molecule has 1 rings (SSSR count). The van der Waals surface area contributed by atoms with Gasteiger partial charge in [0.2, 0.25) is 0 Å². The third-order valence-electron chi connectivity index (χ3n) is 1.61. The van der Waals surface area contributed by atoms with Crippen molar-refractivity contribution >= 4 is 6.21 Å². The number of hydrogen-bond donors (Lipinski definition) is 0. The Morgan fingerprint density at radius 1 is 1.31 bits per heavy atom. The molecular weight excluding hydrogens is 162 g/mol. The van der Waals surface area contributed by atoms with Gasteiger partial charge >= 0.3 is 0 Å². The molecule has 1 aromatic carbocycles. The maximum absolute atomic E-state index is 4.97. The molecule has 2 heteroatoms. The molecule has 0 amide bonds. The van der Waals surface area contributed by atoms with Crippen molar-refractivity contribution < 1.29 is 4.84 Å². The first-order valence-electron chi connectivity index (χ1n) is 4.61. The quantitative estimate of drug-likeness (QED) is 0.385. The SMILES string of the molecule is CCCON=CCc1ccccc1. The maximum atomic E-state index is 4.97. The van der Waals surface area contributed by atoms with E-state index in [1.54, 1.807) is 6.21 Å². The van der Waals surface area contributed by atoms with Crippen LogP contribution in [0.15, 0.2) is 35.5 Å². The van der Waals surface area contributed by atoms with Gasteiger partial charge in [-0.05, 0) is 12.0 Å². The van der Waals surface area contributed by atoms with Crippen LogP contribution in [0.1, 0.15) is 18.9 Å². The van der Waals surface area contributed by atoms with E-state index in [-0.39, 0.29) is 0 Å². The molecule has 0 saturated heterocycles. The average Bonchev–Trinajstić information content (AvgIpc) is 2.19. The van der Waals surface area contributed by atoms with E-state index >= 15 is 0 Å². The summed E-state index contributed by atoms with van der Waals surface area (Å²) in [6.45, 7) is 2.76. The van der Waals surface area contributed by atoms with Crippen molar-refractivity contribution in [3.8, 4) is 0 Å². The first-order valence-corrected chi connectivity index (χ1v) is 4.61. The standard InChI is InChI=1S/C11H15NO/c1-2-10-13-12-9-8-11-6-4-3-5-7-11/h3-7,9H,2,8,10H2,1H3. The molecule has 0 aliphatic carbocycles. The highest BCUT2D eigenvalue weighted by Gasteiger charge is 1.86. The number of rotatable bonds is 5. The minimum absolute atomic E-state index is 0.700. The van der Waals surface area contributed by atoms with Crippen molar-refractivity contribution in [2.24, 2.45) is 5.16 Å². The molecule has 0 atom stereocenters. The number of benzene rings is 1. The fraction of sp³-hybridized carbons (Fsp3) is 0.364. The molecule has 2 nitrogen and oxygen atoms in total. The molecule has 0 aliphatic rings. The highest BCUT2D eigenvalue weighted by molar-refractivity contribution is 5.60. The molecular formula is C11H15NO. The Kier molecular flexibility index (Phi) is 4.69. The largest absolute Gasteiger partial charge is 0.396 e. The van der Waals surface area contributed by atoms with E-state index in [0.717, 1.165) is 12.8 Å². The fourth-order valence-corrected chi connectivity index (χ4v) is 0.953. The molecule has 0 saturated carbocycles. The fourth-order valence-electron chi connectivity index (χ4n) is 0.953. The van der Waals surface area contributed by atoms with Gasteiger partial charge in [-0.2, -0.15) is 0 Å². The summed E-state index contributed by atoms with van der Waals surface area (Å²) in [5.41, 5.74) is 1.26. The van der Waals surface area contributed by atoms with E-state index in [4.69, 9.17) is 4.84 Å². The number of nitrogens with zero attached hydrogens (tertiary/aromatic N) is 1. The average molecular weight is 177 g/mol. The minimum Gasteiger partial charge on any atom is -0.396 e. The molecule has 0 aromatic heterocycles. The van der Waals surface area contributed by atoms with Crippen LogP contribution in [0.4, 0.5) is 0 Å². The van der Waals surface area contributed by atoms with Gasteiger partial charge in [0, 0.05) is 12.6 Å². The lowest BCUT2D eigenvalue weighted by atomic mass is 10.2. The highest BCUT2D eigenvalue weighted by atomic mass is 16.6. The second-order valence-electron chi connectivity index (χ2n) is 2.81. The molecule has 0 fully saturated rings. The zero-order chi connectivity index (χ0) is 9.36. The minimum atomic E-state index is 0.700. The van der Waals surface area contributed by atoms with Crippen molar-refractivity contribution in [1.82, 2.24) is 0 Å². The van der Waals surface area contributed by atoms with Gasteiger partial charge in [0.05, 0.1) is 0 Å². The lowest BCUT2D eigenvalue weighted by molar-refractivity contribution is 0.146. The molecule has 1 aromatic rings. The molecule has 0 aliphatic heterocycles. The van der Waals surface area contributed by atoms with E-state index in [9.17, 15) is 0 Å². The van der Waals surface area contributed by atoms with Crippen molar-refractivity contribution in [2.75, 3.05) is 6.61 Å². The molecule has 70 valence electrons. The Morgan fingerprint density at radius 3 is 2.77 bits per heavy atom. The first kappa shape index (κ1) is 9.78. The Hall–Kier alpha value is -1.31. The first-order chi connectivity index (χ1) is 6.43. The molecule has 0 unspecified atom stereocenters. The Balaban J connectivity index is 2.23. The van der Waals surface area contributed by atoms with Gasteiger partial charge < -0.3 is 4.84 Å². The summed E-state index contributed by atoms with van der Waals surface area (Å²) >= 11 is 0. The molecule has 0 radical (unpaired) electrons. The molecule has 0 N–H and O–H groups in total. The molecule has 0 heterocycles. The van der Waals surface area contributed by atoms with Gasteiger partial charge in [0.15, 0.2) is 0 Å². The summed E-state index contributed by atoms with van der Waals surface area (Å²) < 4.78 is 0. The van der Waals surface area contributed by atoms with Gasteiger partial charge in [-0.1, -0.05) is 42.4 Å². The van der Waals surface area contributed by atoms with Crippen LogP contribution in [-0.4, -0.2) is 12.8 Å². The van der Waals surface area contributed by atoms with Crippen LogP contribution >= 0.6 is 0 Å². The van der Waals surface area contributed by atoms with E-state index in [1.165, 1.54) is 5.56 Å². The molecule has 0 bridgehead atoms. The highest BCUT2D eigenvalue weighted by Crippen LogP contribution is 1.97. The van der Waals surface area contributed by atoms with Gasteiger partial charge in [-0.15, -0.1) is 0 Å². The van der Waals surface area contributed by atoms with Gasteiger partial charge in [0.1, 0.15) is 6.61 Å². The third kappa shape index (κ3) is 4.31. The predicted molar refractivity (Wildman–Crippen MR) is 54.9 cm³/mol. The van der Waals surface area contributed by atoms with Gasteiger partial charge in [-0.25, -0.2) is 0 Å². The van der Waals surface area contributed by atoms with Crippen molar-refractivity contribution in [2.45, 2.75) is 19.8 Å². The van der Waals surface area contributed by atoms with Crippen LogP contribution in [0.2, 0.25) is 0 Å². The molecule has 13 heavy (non-hydrogen) atoms. The van der Waals surface area contributed by atoms with Crippen molar-refractivity contribution in [3.05, 3.63) is 35.9 Å². The topological polar surface area (TPSA) is 21.6 Å². The van der Waals surface area contributed by atoms with Crippen LogP contribution in [0.3, 0.4) is 0 Å².